The maximum absolute atomic E-state index is 13.1. The number of aryl methyl sites for hydroxylation is 2. The molecule has 1 amide bonds. The highest BCUT2D eigenvalue weighted by molar-refractivity contribution is 7.21. The molecule has 2 atom stereocenters. The number of nitrogens with one attached hydrogen (secondary N) is 3. The van der Waals surface area contributed by atoms with Gasteiger partial charge in [-0.1, -0.05) is 0 Å². The Kier molecular flexibility index (Phi) is 5.39. The molecule has 0 saturated carbocycles. The lowest BCUT2D eigenvalue weighted by Crippen LogP contribution is -2.48. The SMILES string of the molecule is Cc1n[nH]c(C)c1-c1cn2nc3c4ncc(NC(=O)CN5C[C@H](C)O[C@@H](C)C5)cc4[nH]c(=O)c3c2s1. The molecule has 12 heteroatoms. The summed E-state index contributed by atoms with van der Waals surface area (Å²) in [6, 6.07) is 1.72. The molecule has 1 aliphatic rings. The Hall–Kier alpha value is -3.61. The van der Waals surface area contributed by atoms with Gasteiger partial charge < -0.3 is 15.0 Å². The molecule has 6 rings (SSSR count). The van der Waals surface area contributed by atoms with E-state index in [1.165, 1.54) is 11.3 Å². The average molecular weight is 507 g/mol. The van der Waals surface area contributed by atoms with E-state index in [0.29, 0.717) is 40.7 Å². The van der Waals surface area contributed by atoms with Crippen molar-refractivity contribution in [1.82, 2.24) is 34.7 Å². The fourth-order valence-electron chi connectivity index (χ4n) is 5.06. The number of pyridine rings is 2. The van der Waals surface area contributed by atoms with Crippen LogP contribution in [0.2, 0.25) is 0 Å². The number of thiazole rings is 1. The molecule has 3 N–H and O–H groups in total. The van der Waals surface area contributed by atoms with Crippen LogP contribution in [0.25, 0.3) is 37.2 Å². The number of ether oxygens (including phenoxy) is 1. The van der Waals surface area contributed by atoms with Crippen molar-refractivity contribution < 1.29 is 9.53 Å². The Labute approximate surface area is 209 Å². The molecule has 186 valence electrons. The van der Waals surface area contributed by atoms with E-state index in [1.54, 1.807) is 16.8 Å². The van der Waals surface area contributed by atoms with Gasteiger partial charge in [0.1, 0.15) is 21.3 Å². The molecule has 6 heterocycles. The zero-order valence-corrected chi connectivity index (χ0v) is 21.2. The Balaban J connectivity index is 1.31. The van der Waals surface area contributed by atoms with Crippen LogP contribution in [0.1, 0.15) is 25.2 Å². The third kappa shape index (κ3) is 3.87. The lowest BCUT2D eigenvalue weighted by Gasteiger charge is -2.34. The molecule has 1 aliphatic heterocycles. The number of carbonyl (C=O) groups is 1. The van der Waals surface area contributed by atoms with Crippen molar-refractivity contribution in [1.29, 1.82) is 0 Å². The second-order valence-electron chi connectivity index (χ2n) is 9.45. The average Bonchev–Trinajstić information content (AvgIpc) is 3.45. The van der Waals surface area contributed by atoms with E-state index in [-0.39, 0.29) is 30.2 Å². The minimum absolute atomic E-state index is 0.0877. The van der Waals surface area contributed by atoms with Gasteiger partial charge in [0.05, 0.1) is 46.7 Å². The van der Waals surface area contributed by atoms with Crippen molar-refractivity contribution in [3.63, 3.8) is 0 Å². The van der Waals surface area contributed by atoms with Gasteiger partial charge in [0, 0.05) is 30.5 Å². The molecule has 11 nitrogen and oxygen atoms in total. The maximum atomic E-state index is 13.1. The van der Waals surface area contributed by atoms with Crippen molar-refractivity contribution in [3.8, 4) is 10.4 Å². The summed E-state index contributed by atoms with van der Waals surface area (Å²) >= 11 is 1.49. The number of H-pyrrole nitrogens is 2. The van der Waals surface area contributed by atoms with Crippen molar-refractivity contribution in [2.75, 3.05) is 25.0 Å². The molecular formula is C24H26N8O3S. The van der Waals surface area contributed by atoms with Gasteiger partial charge >= 0.3 is 0 Å². The summed E-state index contributed by atoms with van der Waals surface area (Å²) in [5, 5.41) is 15.3. The van der Waals surface area contributed by atoms with Gasteiger partial charge in [0.2, 0.25) is 5.91 Å². The number of aromatic nitrogens is 6. The van der Waals surface area contributed by atoms with Crippen LogP contribution < -0.4 is 10.9 Å². The number of morpholine rings is 1. The van der Waals surface area contributed by atoms with E-state index in [2.05, 4.69) is 35.5 Å². The molecule has 0 unspecified atom stereocenters. The zero-order valence-electron chi connectivity index (χ0n) is 20.4. The molecule has 5 aromatic rings. The first-order valence-corrected chi connectivity index (χ1v) is 12.6. The molecular weight excluding hydrogens is 480 g/mol. The summed E-state index contributed by atoms with van der Waals surface area (Å²) < 4.78 is 7.46. The summed E-state index contributed by atoms with van der Waals surface area (Å²) in [7, 11) is 0. The minimum Gasteiger partial charge on any atom is -0.373 e. The molecule has 0 bridgehead atoms. The third-order valence-corrected chi connectivity index (χ3v) is 7.53. The monoisotopic (exact) mass is 506 g/mol. The van der Waals surface area contributed by atoms with Crippen LogP contribution >= 0.6 is 11.3 Å². The largest absolute Gasteiger partial charge is 0.373 e. The van der Waals surface area contributed by atoms with Crippen LogP contribution in [0, 0.1) is 13.8 Å². The fraction of sp³-hybridized carbons (Fsp3) is 0.375. The Morgan fingerprint density at radius 1 is 1.25 bits per heavy atom. The third-order valence-electron chi connectivity index (χ3n) is 6.42. The second-order valence-corrected chi connectivity index (χ2v) is 10.5. The van der Waals surface area contributed by atoms with Gasteiger partial charge in [-0.05, 0) is 33.8 Å². The van der Waals surface area contributed by atoms with Gasteiger partial charge in [-0.3, -0.25) is 24.6 Å². The number of fused-ring (bicyclic) bond motifs is 5. The van der Waals surface area contributed by atoms with Crippen LogP contribution in [0.15, 0.2) is 23.3 Å². The summed E-state index contributed by atoms with van der Waals surface area (Å²) in [5.74, 6) is -0.138. The fourth-order valence-corrected chi connectivity index (χ4v) is 6.31. The molecule has 1 saturated heterocycles. The first-order valence-electron chi connectivity index (χ1n) is 11.8. The first-order chi connectivity index (χ1) is 17.3. The Morgan fingerprint density at radius 2 is 2.03 bits per heavy atom. The molecule has 0 spiro atoms. The lowest BCUT2D eigenvalue weighted by atomic mass is 10.2. The van der Waals surface area contributed by atoms with E-state index in [9.17, 15) is 9.59 Å². The number of anilines is 1. The van der Waals surface area contributed by atoms with Crippen molar-refractivity contribution in [3.05, 3.63) is 40.2 Å². The van der Waals surface area contributed by atoms with E-state index in [4.69, 9.17) is 4.74 Å². The van der Waals surface area contributed by atoms with E-state index in [0.717, 1.165) is 26.7 Å². The van der Waals surface area contributed by atoms with Gasteiger partial charge in [-0.2, -0.15) is 10.2 Å². The number of aromatic amines is 2. The van der Waals surface area contributed by atoms with Crippen LogP contribution in [0.4, 0.5) is 5.69 Å². The number of carbonyl (C=O) groups excluding carboxylic acids is 1. The number of amides is 1. The van der Waals surface area contributed by atoms with Crippen LogP contribution in [-0.4, -0.2) is 72.4 Å². The molecule has 5 aromatic heterocycles. The summed E-state index contributed by atoms with van der Waals surface area (Å²) in [4.78, 5) is 37.0. The van der Waals surface area contributed by atoms with E-state index >= 15 is 0 Å². The van der Waals surface area contributed by atoms with Gasteiger partial charge in [0.25, 0.3) is 5.56 Å². The second kappa shape index (κ2) is 8.50. The smallest absolute Gasteiger partial charge is 0.261 e. The van der Waals surface area contributed by atoms with Gasteiger partial charge in [0.15, 0.2) is 0 Å². The van der Waals surface area contributed by atoms with Crippen LogP contribution in [-0.2, 0) is 9.53 Å². The highest BCUT2D eigenvalue weighted by atomic mass is 32.1. The van der Waals surface area contributed by atoms with E-state index < -0.39 is 0 Å². The number of nitrogens with zero attached hydrogens (tertiary/aromatic N) is 5. The predicted molar refractivity (Wildman–Crippen MR) is 139 cm³/mol. The van der Waals surface area contributed by atoms with Crippen LogP contribution in [0.5, 0.6) is 0 Å². The topological polar surface area (TPSA) is 133 Å². The number of rotatable bonds is 4. The Bertz CT molecular complexity index is 1670. The Morgan fingerprint density at radius 3 is 2.75 bits per heavy atom. The van der Waals surface area contributed by atoms with Crippen molar-refractivity contribution >= 4 is 49.7 Å². The predicted octanol–water partition coefficient (Wildman–Crippen LogP) is 2.84. The standard InChI is InChI=1S/C24H26N8O3S/c1-11-7-31(8-12(2)35-11)10-18(33)26-15-5-16-21(25-6-15)22-20(23(34)27-16)24-32(30-22)9-17(36-24)19-13(3)28-29-14(19)4/h5-6,9,11-12H,7-8,10H2,1-4H3,(H,26,33)(H,27,34)(H,28,29)/t11-,12-/m0/s1. The van der Waals surface area contributed by atoms with Gasteiger partial charge in [-0.25, -0.2) is 4.52 Å². The summed E-state index contributed by atoms with van der Waals surface area (Å²) in [5.41, 5.74) is 4.79. The number of hydrogen-bond acceptors (Lipinski definition) is 8. The molecule has 36 heavy (non-hydrogen) atoms. The summed E-state index contributed by atoms with van der Waals surface area (Å²) in [6.07, 6.45) is 3.69. The molecule has 1 fully saturated rings. The highest BCUT2D eigenvalue weighted by Gasteiger charge is 2.24. The molecule has 0 aliphatic carbocycles. The molecule has 0 radical (unpaired) electrons. The van der Waals surface area contributed by atoms with Crippen molar-refractivity contribution in [2.24, 2.45) is 0 Å². The van der Waals surface area contributed by atoms with Gasteiger partial charge in [-0.15, -0.1) is 11.3 Å². The van der Waals surface area contributed by atoms with Crippen molar-refractivity contribution in [2.45, 2.75) is 39.9 Å². The lowest BCUT2D eigenvalue weighted by molar-refractivity contribution is -0.121. The summed E-state index contributed by atoms with van der Waals surface area (Å²) in [6.45, 7) is 9.61. The first kappa shape index (κ1) is 22.8. The van der Waals surface area contributed by atoms with E-state index in [1.807, 2.05) is 33.9 Å². The zero-order chi connectivity index (χ0) is 25.1. The minimum atomic E-state index is -0.247. The molecule has 0 aromatic carbocycles. The normalized spacial score (nSPS) is 19.0. The highest BCUT2D eigenvalue weighted by Crippen LogP contribution is 2.35. The maximum Gasteiger partial charge on any atom is 0.261 e. The number of hydrogen-bond donors (Lipinski definition) is 3. The van der Waals surface area contributed by atoms with Crippen LogP contribution in [0.3, 0.4) is 0 Å². The quantitative estimate of drug-likeness (QED) is 0.341.